The number of nitrogens with zero attached hydrogens (tertiary/aromatic N) is 5. The molecule has 1 N–H and O–H groups in total. The number of aryl methyl sites for hydroxylation is 2. The Morgan fingerprint density at radius 3 is 2.83 bits per heavy atom. The highest BCUT2D eigenvalue weighted by molar-refractivity contribution is 6.03. The Hall–Kier alpha value is -3.47. The molecule has 2 unspecified atom stereocenters. The van der Waals surface area contributed by atoms with Crippen LogP contribution in [0.25, 0.3) is 11.0 Å². The molecule has 3 aromatic rings. The zero-order chi connectivity index (χ0) is 20.7. The van der Waals surface area contributed by atoms with E-state index in [0.717, 1.165) is 28.9 Å². The van der Waals surface area contributed by atoms with Gasteiger partial charge in [-0.25, -0.2) is 14.4 Å². The third-order valence-corrected chi connectivity index (χ3v) is 5.33. The van der Waals surface area contributed by atoms with Crippen molar-refractivity contribution in [1.82, 2.24) is 14.5 Å². The molecule has 0 radical (unpaired) electrons. The van der Waals surface area contributed by atoms with E-state index >= 15 is 0 Å². The Morgan fingerprint density at radius 1 is 1.41 bits per heavy atom. The topological polar surface area (TPSA) is 86.8 Å². The van der Waals surface area contributed by atoms with Crippen LogP contribution in [0.4, 0.5) is 21.5 Å². The van der Waals surface area contributed by atoms with Gasteiger partial charge < -0.3 is 14.8 Å². The van der Waals surface area contributed by atoms with Crippen molar-refractivity contribution >= 4 is 34.0 Å². The Balaban J connectivity index is 1.76. The number of rotatable bonds is 5. The smallest absolute Gasteiger partial charge is 0.230 e. The van der Waals surface area contributed by atoms with Crippen LogP contribution in [0.3, 0.4) is 0 Å². The van der Waals surface area contributed by atoms with E-state index in [0.29, 0.717) is 16.9 Å². The number of carbonyl (C=O) groups is 1. The largest absolute Gasteiger partial charge is 0.343 e. The van der Waals surface area contributed by atoms with Gasteiger partial charge in [-0.15, -0.1) is 0 Å². The van der Waals surface area contributed by atoms with Gasteiger partial charge in [-0.2, -0.15) is 5.26 Å². The first-order valence-electron chi connectivity index (χ1n) is 9.45. The van der Waals surface area contributed by atoms with Crippen molar-refractivity contribution in [2.75, 3.05) is 17.3 Å². The van der Waals surface area contributed by atoms with E-state index in [1.54, 1.807) is 18.6 Å². The van der Waals surface area contributed by atoms with Crippen molar-refractivity contribution in [3.8, 4) is 6.07 Å². The second kappa shape index (κ2) is 7.17. The number of hydrogen-bond acceptors (Lipinski definition) is 5. The number of aromatic nitrogens is 3. The van der Waals surface area contributed by atoms with Gasteiger partial charge in [-0.05, 0) is 36.6 Å². The summed E-state index contributed by atoms with van der Waals surface area (Å²) < 4.78 is 15.2. The maximum Gasteiger partial charge on any atom is 0.230 e. The molecule has 0 aliphatic heterocycles. The summed E-state index contributed by atoms with van der Waals surface area (Å²) in [4.78, 5) is 22.9. The number of benzene rings is 1. The first-order valence-corrected chi connectivity index (χ1v) is 9.45. The van der Waals surface area contributed by atoms with Crippen LogP contribution in [0.2, 0.25) is 0 Å². The average molecular weight is 392 g/mol. The molecule has 1 fully saturated rings. The molecule has 0 bridgehead atoms. The third kappa shape index (κ3) is 3.40. The molecule has 1 aliphatic rings. The van der Waals surface area contributed by atoms with Crippen LogP contribution in [-0.2, 0) is 18.3 Å². The number of hydrogen-bond donors (Lipinski definition) is 1. The predicted octanol–water partition coefficient (Wildman–Crippen LogP) is 3.47. The number of alkyl halides is 1. The number of halogens is 1. The summed E-state index contributed by atoms with van der Waals surface area (Å²) in [5.41, 5.74) is 5.11. The lowest BCUT2D eigenvalue weighted by atomic mass is 10.1. The summed E-state index contributed by atoms with van der Waals surface area (Å²) in [5, 5.41) is 12.0. The number of amides is 1. The van der Waals surface area contributed by atoms with E-state index < -0.39 is 12.1 Å². The maximum atomic E-state index is 13.3. The number of carbonyl (C=O) groups excluding carboxylic acids is 1. The summed E-state index contributed by atoms with van der Waals surface area (Å²) in [6.45, 7) is 2.02. The van der Waals surface area contributed by atoms with E-state index in [-0.39, 0.29) is 12.3 Å². The van der Waals surface area contributed by atoms with Crippen LogP contribution in [-0.4, -0.2) is 33.7 Å². The van der Waals surface area contributed by atoms with Crippen LogP contribution in [0.15, 0.2) is 30.7 Å². The normalized spacial score (nSPS) is 17.8. The molecule has 0 saturated heterocycles. The minimum Gasteiger partial charge on any atom is -0.343 e. The fourth-order valence-electron chi connectivity index (χ4n) is 3.44. The maximum absolute atomic E-state index is 13.3. The highest BCUT2D eigenvalue weighted by atomic mass is 19.1. The van der Waals surface area contributed by atoms with Crippen LogP contribution in [0, 0.1) is 17.2 Å². The van der Waals surface area contributed by atoms with Gasteiger partial charge >= 0.3 is 0 Å². The van der Waals surface area contributed by atoms with Crippen LogP contribution >= 0.6 is 0 Å². The number of nitrogens with one attached hydrogen (secondary N) is 1. The molecule has 1 saturated carbocycles. The van der Waals surface area contributed by atoms with Crippen molar-refractivity contribution in [2.24, 2.45) is 13.0 Å². The van der Waals surface area contributed by atoms with Gasteiger partial charge in [0, 0.05) is 19.8 Å². The summed E-state index contributed by atoms with van der Waals surface area (Å²) in [7, 11) is 3.79. The molecule has 1 aliphatic carbocycles. The van der Waals surface area contributed by atoms with Gasteiger partial charge in [0.15, 0.2) is 0 Å². The van der Waals surface area contributed by atoms with Crippen LogP contribution in [0.1, 0.15) is 24.6 Å². The van der Waals surface area contributed by atoms with E-state index in [1.807, 2.05) is 42.6 Å². The molecular formula is C21H21FN6O. The van der Waals surface area contributed by atoms with Gasteiger partial charge in [0.2, 0.25) is 5.91 Å². The van der Waals surface area contributed by atoms with Crippen molar-refractivity contribution in [3.05, 3.63) is 42.0 Å². The van der Waals surface area contributed by atoms with Gasteiger partial charge in [0.25, 0.3) is 0 Å². The molecule has 7 nitrogen and oxygen atoms in total. The average Bonchev–Trinajstić information content (AvgIpc) is 3.36. The highest BCUT2D eigenvalue weighted by Gasteiger charge is 2.43. The molecule has 1 aromatic carbocycles. The molecule has 2 aromatic heterocycles. The first kappa shape index (κ1) is 18.9. The van der Waals surface area contributed by atoms with Crippen molar-refractivity contribution in [3.63, 3.8) is 0 Å². The Bertz CT molecular complexity index is 1150. The number of nitriles is 1. The standard InChI is InChI=1S/C21H21FN6O/c1-4-12-5-13(9-23)24-10-19(12)28(3)14-6-17(26-21(29)15-8-16(15)22)20-18(7-14)27(2)11-25-20/h5-7,10-11,15-16H,4,8H2,1-3H3,(H,26,29). The molecule has 148 valence electrons. The van der Waals surface area contributed by atoms with Gasteiger partial charge in [0.1, 0.15) is 23.5 Å². The van der Waals surface area contributed by atoms with E-state index in [4.69, 9.17) is 5.26 Å². The number of fused-ring (bicyclic) bond motifs is 1. The fraction of sp³-hybridized carbons (Fsp3) is 0.333. The quantitative estimate of drug-likeness (QED) is 0.718. The summed E-state index contributed by atoms with van der Waals surface area (Å²) in [6.07, 6.45) is 3.32. The Labute approximate surface area is 167 Å². The third-order valence-electron chi connectivity index (χ3n) is 5.33. The first-order chi connectivity index (χ1) is 13.9. The lowest BCUT2D eigenvalue weighted by Crippen LogP contribution is -2.17. The molecule has 29 heavy (non-hydrogen) atoms. The number of anilines is 3. The molecule has 2 heterocycles. The van der Waals surface area contributed by atoms with E-state index in [1.165, 1.54) is 0 Å². The predicted molar refractivity (Wildman–Crippen MR) is 109 cm³/mol. The van der Waals surface area contributed by atoms with Crippen molar-refractivity contribution < 1.29 is 9.18 Å². The van der Waals surface area contributed by atoms with Crippen LogP contribution < -0.4 is 10.2 Å². The molecule has 1 amide bonds. The van der Waals surface area contributed by atoms with Gasteiger partial charge in [-0.1, -0.05) is 6.92 Å². The zero-order valence-corrected chi connectivity index (χ0v) is 16.5. The van der Waals surface area contributed by atoms with Gasteiger partial charge in [0.05, 0.1) is 35.3 Å². The number of pyridine rings is 1. The minimum atomic E-state index is -1.06. The lowest BCUT2D eigenvalue weighted by molar-refractivity contribution is -0.117. The second-order valence-corrected chi connectivity index (χ2v) is 7.29. The Morgan fingerprint density at radius 2 is 2.17 bits per heavy atom. The van der Waals surface area contributed by atoms with E-state index in [9.17, 15) is 9.18 Å². The number of imidazole rings is 1. The minimum absolute atomic E-state index is 0.271. The lowest BCUT2D eigenvalue weighted by Gasteiger charge is -2.23. The van der Waals surface area contributed by atoms with E-state index in [2.05, 4.69) is 21.4 Å². The second-order valence-electron chi connectivity index (χ2n) is 7.29. The fourth-order valence-corrected chi connectivity index (χ4v) is 3.44. The SMILES string of the molecule is CCc1cc(C#N)ncc1N(C)c1cc(NC(=O)C2CC2F)c2ncn(C)c2c1. The monoisotopic (exact) mass is 392 g/mol. The Kier molecular flexibility index (Phi) is 4.66. The van der Waals surface area contributed by atoms with Crippen LogP contribution in [0.5, 0.6) is 0 Å². The van der Waals surface area contributed by atoms with Gasteiger partial charge in [-0.3, -0.25) is 4.79 Å². The van der Waals surface area contributed by atoms with Crippen molar-refractivity contribution in [1.29, 1.82) is 5.26 Å². The summed E-state index contributed by atoms with van der Waals surface area (Å²) in [5.74, 6) is -0.900. The molecule has 0 spiro atoms. The molecule has 2 atom stereocenters. The molecular weight excluding hydrogens is 371 g/mol. The van der Waals surface area contributed by atoms with Crippen molar-refractivity contribution in [2.45, 2.75) is 25.9 Å². The molecule has 8 heteroatoms. The zero-order valence-electron chi connectivity index (χ0n) is 16.5. The summed E-state index contributed by atoms with van der Waals surface area (Å²) in [6, 6.07) is 7.66. The summed E-state index contributed by atoms with van der Waals surface area (Å²) >= 11 is 0. The highest BCUT2D eigenvalue weighted by Crippen LogP contribution is 2.37. The molecule has 4 rings (SSSR count).